The summed E-state index contributed by atoms with van der Waals surface area (Å²) in [7, 11) is 1.71. The van der Waals surface area contributed by atoms with Crippen molar-refractivity contribution >= 4 is 11.8 Å². The number of thioether (sulfide) groups is 1. The molecule has 0 aliphatic carbocycles. The number of hydrogen-bond acceptors (Lipinski definition) is 4. The van der Waals surface area contributed by atoms with Crippen LogP contribution in [0.5, 0.6) is 5.75 Å². The van der Waals surface area contributed by atoms with E-state index in [1.165, 1.54) is 11.3 Å². The summed E-state index contributed by atoms with van der Waals surface area (Å²) in [6.45, 7) is 8.46. The molecule has 0 radical (unpaired) electrons. The molecule has 0 amide bonds. The van der Waals surface area contributed by atoms with Gasteiger partial charge in [-0.25, -0.2) is 0 Å². The van der Waals surface area contributed by atoms with E-state index in [1.54, 1.807) is 7.11 Å². The SMILES string of the molecule is COc1cc(CN2CCSC(C)(C)C2)ccc1CN. The van der Waals surface area contributed by atoms with E-state index in [0.717, 1.165) is 30.9 Å². The lowest BCUT2D eigenvalue weighted by Crippen LogP contribution is -2.42. The van der Waals surface area contributed by atoms with Gasteiger partial charge in [-0.05, 0) is 25.5 Å². The smallest absolute Gasteiger partial charge is 0.123 e. The zero-order valence-electron chi connectivity index (χ0n) is 12.1. The maximum Gasteiger partial charge on any atom is 0.123 e. The van der Waals surface area contributed by atoms with Gasteiger partial charge in [0.1, 0.15) is 5.75 Å². The summed E-state index contributed by atoms with van der Waals surface area (Å²) in [6.07, 6.45) is 0. The standard InChI is InChI=1S/C15H24N2OS/c1-15(2)11-17(6-7-19-15)10-12-4-5-13(9-16)14(8-12)18-3/h4-5,8H,6-7,9-11,16H2,1-3H3. The first-order valence-corrected chi connectivity index (χ1v) is 7.75. The third-order valence-corrected chi connectivity index (χ3v) is 4.78. The number of benzene rings is 1. The molecular formula is C15H24N2OS. The highest BCUT2D eigenvalue weighted by molar-refractivity contribution is 8.00. The molecule has 2 rings (SSSR count). The molecule has 1 saturated heterocycles. The van der Waals surface area contributed by atoms with Crippen molar-refractivity contribution in [2.75, 3.05) is 26.0 Å². The van der Waals surface area contributed by atoms with Gasteiger partial charge in [0.05, 0.1) is 7.11 Å². The van der Waals surface area contributed by atoms with Gasteiger partial charge in [0.15, 0.2) is 0 Å². The third kappa shape index (κ3) is 3.88. The maximum absolute atomic E-state index is 5.70. The third-order valence-electron chi connectivity index (χ3n) is 3.48. The van der Waals surface area contributed by atoms with E-state index in [4.69, 9.17) is 10.5 Å². The molecule has 1 aliphatic heterocycles. The number of nitrogens with two attached hydrogens (primary N) is 1. The fraction of sp³-hybridized carbons (Fsp3) is 0.600. The molecule has 0 atom stereocenters. The number of rotatable bonds is 4. The Kier molecular flexibility index (Phi) is 4.76. The Labute approximate surface area is 120 Å². The van der Waals surface area contributed by atoms with E-state index in [2.05, 4.69) is 48.7 Å². The van der Waals surface area contributed by atoms with Gasteiger partial charge in [-0.3, -0.25) is 4.90 Å². The van der Waals surface area contributed by atoms with Crippen LogP contribution < -0.4 is 10.5 Å². The molecule has 0 bridgehead atoms. The second-order valence-corrected chi connectivity index (χ2v) is 7.47. The van der Waals surface area contributed by atoms with Gasteiger partial charge >= 0.3 is 0 Å². The van der Waals surface area contributed by atoms with Gasteiger partial charge in [-0.15, -0.1) is 0 Å². The van der Waals surface area contributed by atoms with Crippen LogP contribution in [-0.2, 0) is 13.1 Å². The number of hydrogen-bond donors (Lipinski definition) is 1. The number of methoxy groups -OCH3 is 1. The van der Waals surface area contributed by atoms with Crippen molar-refractivity contribution in [3.63, 3.8) is 0 Å². The molecule has 106 valence electrons. The Hall–Kier alpha value is -0.710. The fourth-order valence-electron chi connectivity index (χ4n) is 2.56. The van der Waals surface area contributed by atoms with Crippen LogP contribution in [0.15, 0.2) is 18.2 Å². The molecule has 2 N–H and O–H groups in total. The molecule has 1 aliphatic rings. The highest BCUT2D eigenvalue weighted by Crippen LogP contribution is 2.30. The van der Waals surface area contributed by atoms with Crippen LogP contribution in [0, 0.1) is 0 Å². The average Bonchev–Trinajstić information content (AvgIpc) is 2.37. The lowest BCUT2D eigenvalue weighted by molar-refractivity contribution is 0.252. The van der Waals surface area contributed by atoms with Crippen molar-refractivity contribution in [1.29, 1.82) is 0 Å². The van der Waals surface area contributed by atoms with Gasteiger partial charge in [-0.1, -0.05) is 12.1 Å². The molecule has 1 aromatic rings. The van der Waals surface area contributed by atoms with Crippen LogP contribution in [0.3, 0.4) is 0 Å². The summed E-state index contributed by atoms with van der Waals surface area (Å²) in [5, 5.41) is 0. The van der Waals surface area contributed by atoms with Crippen molar-refractivity contribution < 1.29 is 4.74 Å². The van der Waals surface area contributed by atoms with E-state index in [9.17, 15) is 0 Å². The number of nitrogens with zero attached hydrogens (tertiary/aromatic N) is 1. The normalized spacial score (nSPS) is 19.4. The molecule has 1 fully saturated rings. The molecule has 0 saturated carbocycles. The number of ether oxygens (including phenoxy) is 1. The Morgan fingerprint density at radius 2 is 2.21 bits per heavy atom. The van der Waals surface area contributed by atoms with Crippen LogP contribution in [0.25, 0.3) is 0 Å². The molecular weight excluding hydrogens is 256 g/mol. The van der Waals surface area contributed by atoms with Crippen molar-refractivity contribution in [1.82, 2.24) is 4.90 Å². The predicted octanol–water partition coefficient (Wildman–Crippen LogP) is 2.48. The van der Waals surface area contributed by atoms with Gasteiger partial charge in [-0.2, -0.15) is 11.8 Å². The van der Waals surface area contributed by atoms with Crippen LogP contribution in [-0.4, -0.2) is 35.6 Å². The van der Waals surface area contributed by atoms with Gasteiger partial charge in [0.25, 0.3) is 0 Å². The lowest BCUT2D eigenvalue weighted by Gasteiger charge is -2.37. The molecule has 1 aromatic carbocycles. The Bertz CT molecular complexity index is 434. The van der Waals surface area contributed by atoms with E-state index in [1.807, 2.05) is 0 Å². The molecule has 4 heteroatoms. The predicted molar refractivity (Wildman–Crippen MR) is 82.7 cm³/mol. The van der Waals surface area contributed by atoms with Crippen LogP contribution in [0.4, 0.5) is 0 Å². The van der Waals surface area contributed by atoms with Gasteiger partial charge in [0, 0.05) is 42.2 Å². The van der Waals surface area contributed by atoms with E-state index in [0.29, 0.717) is 11.3 Å². The first-order chi connectivity index (χ1) is 9.04. The van der Waals surface area contributed by atoms with Crippen molar-refractivity contribution in [3.05, 3.63) is 29.3 Å². The maximum atomic E-state index is 5.70. The quantitative estimate of drug-likeness (QED) is 0.919. The summed E-state index contributed by atoms with van der Waals surface area (Å²) in [4.78, 5) is 2.52. The molecule has 0 spiro atoms. The molecule has 0 aromatic heterocycles. The van der Waals surface area contributed by atoms with Crippen LogP contribution in [0.1, 0.15) is 25.0 Å². The molecule has 19 heavy (non-hydrogen) atoms. The van der Waals surface area contributed by atoms with E-state index in [-0.39, 0.29) is 0 Å². The van der Waals surface area contributed by atoms with Crippen LogP contribution >= 0.6 is 11.8 Å². The summed E-state index contributed by atoms with van der Waals surface area (Å²) in [5.41, 5.74) is 8.08. The minimum absolute atomic E-state index is 0.361. The monoisotopic (exact) mass is 280 g/mol. The molecule has 1 heterocycles. The lowest BCUT2D eigenvalue weighted by atomic mass is 10.1. The highest BCUT2D eigenvalue weighted by atomic mass is 32.2. The first kappa shape index (κ1) is 14.7. The second kappa shape index (κ2) is 6.16. The van der Waals surface area contributed by atoms with Crippen molar-refractivity contribution in [2.24, 2.45) is 5.73 Å². The zero-order chi connectivity index (χ0) is 13.9. The molecule has 0 unspecified atom stereocenters. The highest BCUT2D eigenvalue weighted by Gasteiger charge is 2.26. The second-order valence-electron chi connectivity index (χ2n) is 5.67. The van der Waals surface area contributed by atoms with E-state index >= 15 is 0 Å². The Balaban J connectivity index is 2.06. The summed E-state index contributed by atoms with van der Waals surface area (Å²) >= 11 is 2.07. The molecule has 3 nitrogen and oxygen atoms in total. The summed E-state index contributed by atoms with van der Waals surface area (Å²) in [5.74, 6) is 2.12. The summed E-state index contributed by atoms with van der Waals surface area (Å²) < 4.78 is 5.77. The average molecular weight is 280 g/mol. The fourth-order valence-corrected chi connectivity index (χ4v) is 3.74. The van der Waals surface area contributed by atoms with E-state index < -0.39 is 0 Å². The first-order valence-electron chi connectivity index (χ1n) is 6.76. The zero-order valence-corrected chi connectivity index (χ0v) is 12.9. The summed E-state index contributed by atoms with van der Waals surface area (Å²) in [6, 6.07) is 6.37. The largest absolute Gasteiger partial charge is 0.496 e. The van der Waals surface area contributed by atoms with Crippen molar-refractivity contribution in [2.45, 2.75) is 31.7 Å². The van der Waals surface area contributed by atoms with Gasteiger partial charge < -0.3 is 10.5 Å². The minimum Gasteiger partial charge on any atom is -0.496 e. The Morgan fingerprint density at radius 3 is 2.84 bits per heavy atom. The Morgan fingerprint density at radius 1 is 1.42 bits per heavy atom. The van der Waals surface area contributed by atoms with Crippen molar-refractivity contribution in [3.8, 4) is 5.75 Å². The minimum atomic E-state index is 0.361. The van der Waals surface area contributed by atoms with Crippen LogP contribution in [0.2, 0.25) is 0 Å². The topological polar surface area (TPSA) is 38.5 Å². The van der Waals surface area contributed by atoms with Gasteiger partial charge in [0.2, 0.25) is 0 Å².